The minimum Gasteiger partial charge on any atom is -0.465 e. The highest BCUT2D eigenvalue weighted by molar-refractivity contribution is 6.40. The molecule has 0 fully saturated rings. The number of hydrogen-bond donors (Lipinski definition) is 0. The van der Waals surface area contributed by atoms with Gasteiger partial charge in [-0.2, -0.15) is 0 Å². The average molecular weight is 340 g/mol. The molecule has 4 nitrogen and oxygen atoms in total. The quantitative estimate of drug-likeness (QED) is 0.604. The predicted octanol–water partition coefficient (Wildman–Crippen LogP) is 3.86. The van der Waals surface area contributed by atoms with E-state index < -0.39 is 17.9 Å². The number of esters is 2. The van der Waals surface area contributed by atoms with Crippen molar-refractivity contribution in [2.75, 3.05) is 13.2 Å². The Morgan fingerprint density at radius 2 is 1.40 bits per heavy atom. The Bertz CT molecular complexity index is 475. The van der Waals surface area contributed by atoms with E-state index >= 15 is 0 Å². The molecule has 0 aliphatic carbocycles. The first-order chi connectivity index (χ1) is 9.42. The number of hydrogen-bond acceptors (Lipinski definition) is 4. The molecular formula is C13H13Cl3O4. The van der Waals surface area contributed by atoms with E-state index in [0.717, 1.165) is 0 Å². The lowest BCUT2D eigenvalue weighted by Crippen LogP contribution is -2.26. The summed E-state index contributed by atoms with van der Waals surface area (Å²) in [6.07, 6.45) is 0. The number of halogens is 3. The van der Waals surface area contributed by atoms with Gasteiger partial charge in [0.15, 0.2) is 5.92 Å². The van der Waals surface area contributed by atoms with Crippen molar-refractivity contribution in [2.45, 2.75) is 19.8 Å². The zero-order valence-electron chi connectivity index (χ0n) is 10.9. The van der Waals surface area contributed by atoms with Crippen molar-refractivity contribution in [3.05, 3.63) is 32.8 Å². The Balaban J connectivity index is 3.30. The largest absolute Gasteiger partial charge is 0.465 e. The molecule has 0 unspecified atom stereocenters. The third-order valence-corrected chi connectivity index (χ3v) is 3.22. The number of benzene rings is 1. The van der Waals surface area contributed by atoms with E-state index in [0.29, 0.717) is 5.02 Å². The minimum absolute atomic E-state index is 0.105. The zero-order valence-corrected chi connectivity index (χ0v) is 13.2. The maximum Gasteiger partial charge on any atom is 0.325 e. The van der Waals surface area contributed by atoms with Crippen LogP contribution in [0.15, 0.2) is 12.1 Å². The summed E-state index contributed by atoms with van der Waals surface area (Å²) < 4.78 is 9.75. The number of rotatable bonds is 5. The highest BCUT2D eigenvalue weighted by Crippen LogP contribution is 2.36. The first-order valence-electron chi connectivity index (χ1n) is 5.90. The van der Waals surface area contributed by atoms with Gasteiger partial charge in [0.05, 0.1) is 13.2 Å². The van der Waals surface area contributed by atoms with E-state index in [2.05, 4.69) is 0 Å². The van der Waals surface area contributed by atoms with E-state index in [1.807, 2.05) is 0 Å². The molecule has 0 heterocycles. The second-order valence-electron chi connectivity index (χ2n) is 3.72. The lowest BCUT2D eigenvalue weighted by molar-refractivity contribution is -0.156. The van der Waals surface area contributed by atoms with Crippen molar-refractivity contribution in [1.82, 2.24) is 0 Å². The summed E-state index contributed by atoms with van der Waals surface area (Å²) in [6.45, 7) is 3.51. The van der Waals surface area contributed by atoms with Crippen LogP contribution in [0.2, 0.25) is 15.1 Å². The molecule has 0 spiro atoms. The maximum atomic E-state index is 12.0. The third kappa shape index (κ3) is 4.01. The number of ether oxygens (including phenoxy) is 2. The first-order valence-corrected chi connectivity index (χ1v) is 7.03. The summed E-state index contributed by atoms with van der Waals surface area (Å²) in [5.41, 5.74) is 0.134. The van der Waals surface area contributed by atoms with Crippen LogP contribution in [0, 0.1) is 0 Å². The highest BCUT2D eigenvalue weighted by Gasteiger charge is 2.35. The number of carbonyl (C=O) groups is 2. The molecule has 0 aromatic heterocycles. The fourth-order valence-electron chi connectivity index (χ4n) is 1.61. The summed E-state index contributed by atoms with van der Waals surface area (Å²) in [6, 6.07) is 2.80. The van der Waals surface area contributed by atoms with Crippen molar-refractivity contribution in [2.24, 2.45) is 0 Å². The Morgan fingerprint density at radius 1 is 1.00 bits per heavy atom. The fraction of sp³-hybridized carbons (Fsp3) is 0.385. The molecular weight excluding hydrogens is 326 g/mol. The molecule has 1 aromatic rings. The standard InChI is InChI=1S/C13H13Cl3O4/c1-3-19-12(17)11(13(18)20-4-2)10-8(15)5-7(14)6-9(10)16/h5-6,11H,3-4H2,1-2H3. The van der Waals surface area contributed by atoms with Gasteiger partial charge < -0.3 is 9.47 Å². The average Bonchev–Trinajstić information content (AvgIpc) is 2.33. The molecule has 0 bridgehead atoms. The van der Waals surface area contributed by atoms with Gasteiger partial charge in [-0.25, -0.2) is 0 Å². The molecule has 1 rings (SSSR count). The molecule has 0 N–H and O–H groups in total. The fourth-order valence-corrected chi connectivity index (χ4v) is 2.65. The van der Waals surface area contributed by atoms with Gasteiger partial charge >= 0.3 is 11.9 Å². The van der Waals surface area contributed by atoms with Crippen molar-refractivity contribution in [3.8, 4) is 0 Å². The summed E-state index contributed by atoms with van der Waals surface area (Å²) in [5.74, 6) is -2.86. The van der Waals surface area contributed by atoms with E-state index in [1.54, 1.807) is 13.8 Å². The maximum absolute atomic E-state index is 12.0. The molecule has 110 valence electrons. The Kier molecular flexibility index (Phi) is 6.59. The minimum atomic E-state index is -1.33. The van der Waals surface area contributed by atoms with E-state index in [9.17, 15) is 9.59 Å². The van der Waals surface area contributed by atoms with Gasteiger partial charge in [-0.15, -0.1) is 0 Å². The van der Waals surface area contributed by atoms with Gasteiger partial charge in [-0.05, 0) is 26.0 Å². The van der Waals surface area contributed by atoms with Crippen molar-refractivity contribution in [1.29, 1.82) is 0 Å². The third-order valence-electron chi connectivity index (χ3n) is 2.38. The van der Waals surface area contributed by atoms with E-state index in [4.69, 9.17) is 44.3 Å². The molecule has 0 aliphatic heterocycles. The molecule has 0 atom stereocenters. The van der Waals surface area contributed by atoms with Crippen molar-refractivity contribution >= 4 is 46.7 Å². The van der Waals surface area contributed by atoms with Crippen LogP contribution in [0.1, 0.15) is 25.3 Å². The lowest BCUT2D eigenvalue weighted by atomic mass is 9.99. The van der Waals surface area contributed by atoms with Crippen LogP contribution in [0.5, 0.6) is 0 Å². The van der Waals surface area contributed by atoms with Crippen LogP contribution < -0.4 is 0 Å². The highest BCUT2D eigenvalue weighted by atomic mass is 35.5. The van der Waals surface area contributed by atoms with Gasteiger partial charge in [-0.3, -0.25) is 9.59 Å². The van der Waals surface area contributed by atoms with Gasteiger partial charge in [-0.1, -0.05) is 34.8 Å². The van der Waals surface area contributed by atoms with Crippen molar-refractivity contribution in [3.63, 3.8) is 0 Å². The first kappa shape index (κ1) is 17.1. The molecule has 0 radical (unpaired) electrons. The lowest BCUT2D eigenvalue weighted by Gasteiger charge is -2.17. The Hall–Kier alpha value is -0.970. The van der Waals surface area contributed by atoms with Gasteiger partial charge in [0.1, 0.15) is 0 Å². The molecule has 0 amide bonds. The zero-order chi connectivity index (χ0) is 15.3. The van der Waals surface area contributed by atoms with Gasteiger partial charge in [0.2, 0.25) is 0 Å². The van der Waals surface area contributed by atoms with E-state index in [-0.39, 0.29) is 28.8 Å². The summed E-state index contributed by atoms with van der Waals surface area (Å²) in [5, 5.41) is 0.512. The summed E-state index contributed by atoms with van der Waals surface area (Å²) >= 11 is 17.9. The second kappa shape index (κ2) is 7.72. The summed E-state index contributed by atoms with van der Waals surface area (Å²) in [4.78, 5) is 24.0. The van der Waals surface area contributed by atoms with Crippen LogP contribution in [-0.4, -0.2) is 25.2 Å². The van der Waals surface area contributed by atoms with Gasteiger partial charge in [0.25, 0.3) is 0 Å². The number of carbonyl (C=O) groups excluding carboxylic acids is 2. The normalized spacial score (nSPS) is 10.5. The monoisotopic (exact) mass is 338 g/mol. The molecule has 7 heteroatoms. The Morgan fingerprint density at radius 3 is 1.75 bits per heavy atom. The molecule has 0 aliphatic rings. The van der Waals surface area contributed by atoms with Gasteiger partial charge in [0, 0.05) is 20.6 Å². The molecule has 0 saturated carbocycles. The van der Waals surface area contributed by atoms with Crippen molar-refractivity contribution < 1.29 is 19.1 Å². The molecule has 1 aromatic carbocycles. The Labute approximate surface area is 131 Å². The molecule has 0 saturated heterocycles. The predicted molar refractivity (Wildman–Crippen MR) is 77.5 cm³/mol. The second-order valence-corrected chi connectivity index (χ2v) is 4.97. The van der Waals surface area contributed by atoms with Crippen LogP contribution in [0.4, 0.5) is 0 Å². The molecule has 20 heavy (non-hydrogen) atoms. The topological polar surface area (TPSA) is 52.6 Å². The summed E-state index contributed by atoms with van der Waals surface area (Å²) in [7, 11) is 0. The SMILES string of the molecule is CCOC(=O)C(C(=O)OCC)c1c(Cl)cc(Cl)cc1Cl. The van der Waals surface area contributed by atoms with Crippen LogP contribution in [0.3, 0.4) is 0 Å². The van der Waals surface area contributed by atoms with Crippen LogP contribution in [0.25, 0.3) is 0 Å². The van der Waals surface area contributed by atoms with Crippen LogP contribution in [-0.2, 0) is 19.1 Å². The smallest absolute Gasteiger partial charge is 0.325 e. The van der Waals surface area contributed by atoms with Crippen LogP contribution >= 0.6 is 34.8 Å². The van der Waals surface area contributed by atoms with E-state index in [1.165, 1.54) is 12.1 Å².